The largest absolute Gasteiger partial charge is 0.365 e. The molecule has 4 nitrogen and oxygen atoms in total. The summed E-state index contributed by atoms with van der Waals surface area (Å²) in [6.45, 7) is 0.0462. The van der Waals surface area contributed by atoms with Crippen molar-refractivity contribution in [1.29, 1.82) is 0 Å². The third-order valence-electron chi connectivity index (χ3n) is 2.53. The lowest BCUT2D eigenvalue weighted by Crippen LogP contribution is -2.21. The molecule has 2 heterocycles. The van der Waals surface area contributed by atoms with Gasteiger partial charge in [-0.2, -0.15) is 27.6 Å². The van der Waals surface area contributed by atoms with Crippen molar-refractivity contribution in [2.24, 2.45) is 7.05 Å². The van der Waals surface area contributed by atoms with Crippen LogP contribution in [0, 0.1) is 23.5 Å². The van der Waals surface area contributed by atoms with E-state index in [2.05, 4.69) is 10.1 Å². The number of anilines is 1. The predicted octanol–water partition coefficient (Wildman–Crippen LogP) is 2.01. The Balaban J connectivity index is 2.36. The minimum atomic E-state index is -1.67. The molecule has 0 unspecified atom stereocenters. The zero-order chi connectivity index (χ0) is 14.2. The minimum absolute atomic E-state index is 0.0462. The third kappa shape index (κ3) is 2.51. The van der Waals surface area contributed by atoms with Crippen LogP contribution in [0.15, 0.2) is 12.4 Å². The van der Waals surface area contributed by atoms with Crippen LogP contribution in [0.1, 0.15) is 5.56 Å². The van der Waals surface area contributed by atoms with E-state index in [1.807, 2.05) is 0 Å². The summed E-state index contributed by atoms with van der Waals surface area (Å²) >= 11 is 0. The molecule has 0 aliphatic carbocycles. The van der Waals surface area contributed by atoms with Crippen LogP contribution >= 0.6 is 0 Å². The first-order valence-corrected chi connectivity index (χ1v) is 5.28. The van der Waals surface area contributed by atoms with Crippen molar-refractivity contribution < 1.29 is 17.6 Å². The molecule has 8 heteroatoms. The Bertz CT molecular complexity index is 585. The van der Waals surface area contributed by atoms with E-state index in [1.165, 1.54) is 17.9 Å². The Morgan fingerprint density at radius 2 is 1.74 bits per heavy atom. The molecule has 0 aromatic carbocycles. The number of pyridine rings is 1. The molecule has 0 saturated heterocycles. The molecule has 0 saturated carbocycles. The fourth-order valence-corrected chi connectivity index (χ4v) is 1.72. The second kappa shape index (κ2) is 4.87. The number of rotatable bonds is 3. The quantitative estimate of drug-likeness (QED) is 0.634. The number of halogens is 4. The van der Waals surface area contributed by atoms with Crippen LogP contribution in [0.5, 0.6) is 0 Å². The number of aromatic nitrogens is 3. The molecule has 2 aromatic heterocycles. The molecular formula is C11H10F4N4. The fraction of sp³-hybridized carbons (Fsp3) is 0.273. The minimum Gasteiger partial charge on any atom is -0.365 e. The molecule has 2 rings (SSSR count). The van der Waals surface area contributed by atoms with Gasteiger partial charge in [-0.25, -0.2) is 0 Å². The second-order valence-electron chi connectivity index (χ2n) is 4.05. The average Bonchev–Trinajstić information content (AvgIpc) is 2.72. The van der Waals surface area contributed by atoms with Crippen molar-refractivity contribution in [3.63, 3.8) is 0 Å². The average molecular weight is 274 g/mol. The molecule has 0 aliphatic heterocycles. The van der Waals surface area contributed by atoms with E-state index in [1.54, 1.807) is 13.2 Å². The molecule has 19 heavy (non-hydrogen) atoms. The van der Waals surface area contributed by atoms with E-state index < -0.39 is 29.2 Å². The monoisotopic (exact) mass is 274 g/mol. The van der Waals surface area contributed by atoms with Gasteiger partial charge in [-0.1, -0.05) is 0 Å². The molecular weight excluding hydrogens is 264 g/mol. The molecule has 102 valence electrons. The maximum Gasteiger partial charge on any atom is 0.253 e. The standard InChI is InChI=1S/C11H10F4N4/c1-18(4-6-3-16-19(2)5-6)9-7(12)10(14)17-11(15)8(9)13/h3,5H,4H2,1-2H3. The Morgan fingerprint density at radius 3 is 2.21 bits per heavy atom. The summed E-state index contributed by atoms with van der Waals surface area (Å²) in [6.07, 6.45) is 3.11. The molecule has 2 aromatic rings. The first-order valence-electron chi connectivity index (χ1n) is 5.28. The second-order valence-corrected chi connectivity index (χ2v) is 4.05. The van der Waals surface area contributed by atoms with Gasteiger partial charge in [0.15, 0.2) is 0 Å². The molecule has 0 bridgehead atoms. The topological polar surface area (TPSA) is 34.0 Å². The SMILES string of the molecule is CN(Cc1cnn(C)c1)c1c(F)c(F)nc(F)c1F. The van der Waals surface area contributed by atoms with Gasteiger partial charge in [0.2, 0.25) is 11.6 Å². The van der Waals surface area contributed by atoms with Gasteiger partial charge in [0, 0.05) is 32.4 Å². The first kappa shape index (κ1) is 13.3. The van der Waals surface area contributed by atoms with E-state index in [9.17, 15) is 17.6 Å². The number of nitrogens with zero attached hydrogens (tertiary/aromatic N) is 4. The van der Waals surface area contributed by atoms with Gasteiger partial charge >= 0.3 is 0 Å². The summed E-state index contributed by atoms with van der Waals surface area (Å²) < 4.78 is 54.5. The van der Waals surface area contributed by atoms with Crippen LogP contribution in [-0.2, 0) is 13.6 Å². The van der Waals surface area contributed by atoms with Crippen molar-refractivity contribution in [2.75, 3.05) is 11.9 Å². The molecule has 0 amide bonds. The van der Waals surface area contributed by atoms with Gasteiger partial charge in [0.1, 0.15) is 5.69 Å². The van der Waals surface area contributed by atoms with Gasteiger partial charge < -0.3 is 4.90 Å². The van der Waals surface area contributed by atoms with E-state index >= 15 is 0 Å². The summed E-state index contributed by atoms with van der Waals surface area (Å²) in [5, 5.41) is 3.89. The summed E-state index contributed by atoms with van der Waals surface area (Å²) in [5.41, 5.74) is -0.157. The van der Waals surface area contributed by atoms with E-state index in [0.717, 1.165) is 4.90 Å². The Morgan fingerprint density at radius 1 is 1.16 bits per heavy atom. The number of aryl methyl sites for hydroxylation is 1. The summed E-state index contributed by atoms with van der Waals surface area (Å²) in [6, 6.07) is 0. The van der Waals surface area contributed by atoms with Crippen molar-refractivity contribution in [2.45, 2.75) is 6.54 Å². The normalized spacial score (nSPS) is 10.8. The molecule has 0 atom stereocenters. The van der Waals surface area contributed by atoms with E-state index in [4.69, 9.17) is 0 Å². The summed E-state index contributed by atoms with van der Waals surface area (Å²) in [4.78, 5) is 3.55. The smallest absolute Gasteiger partial charge is 0.253 e. The van der Waals surface area contributed by atoms with Gasteiger partial charge in [-0.15, -0.1) is 0 Å². The highest BCUT2D eigenvalue weighted by Crippen LogP contribution is 2.26. The lowest BCUT2D eigenvalue weighted by atomic mass is 10.3. The number of hydrogen-bond acceptors (Lipinski definition) is 3. The van der Waals surface area contributed by atoms with Crippen LogP contribution in [0.2, 0.25) is 0 Å². The van der Waals surface area contributed by atoms with Crippen LogP contribution in [0.3, 0.4) is 0 Å². The van der Waals surface area contributed by atoms with Crippen molar-refractivity contribution >= 4 is 5.69 Å². The van der Waals surface area contributed by atoms with E-state index in [0.29, 0.717) is 5.56 Å². The molecule has 0 radical (unpaired) electrons. The maximum atomic E-state index is 13.5. The van der Waals surface area contributed by atoms with Crippen molar-refractivity contribution in [3.8, 4) is 0 Å². The maximum absolute atomic E-state index is 13.5. The fourth-order valence-electron chi connectivity index (χ4n) is 1.72. The zero-order valence-electron chi connectivity index (χ0n) is 10.2. The summed E-state index contributed by atoms with van der Waals surface area (Å²) in [5.74, 6) is -6.39. The van der Waals surface area contributed by atoms with Crippen LogP contribution in [-0.4, -0.2) is 21.8 Å². The van der Waals surface area contributed by atoms with Gasteiger partial charge in [-0.3, -0.25) is 4.68 Å². The Kier molecular flexibility index (Phi) is 3.41. The molecule has 0 spiro atoms. The zero-order valence-corrected chi connectivity index (χ0v) is 10.2. The van der Waals surface area contributed by atoms with Crippen molar-refractivity contribution in [3.05, 3.63) is 41.5 Å². The third-order valence-corrected chi connectivity index (χ3v) is 2.53. The molecule has 0 N–H and O–H groups in total. The highest BCUT2D eigenvalue weighted by Gasteiger charge is 2.23. The highest BCUT2D eigenvalue weighted by atomic mass is 19.2. The highest BCUT2D eigenvalue weighted by molar-refractivity contribution is 5.48. The lowest BCUT2D eigenvalue weighted by Gasteiger charge is -2.19. The number of hydrogen-bond donors (Lipinski definition) is 0. The Labute approximate surface area is 106 Å². The van der Waals surface area contributed by atoms with Crippen molar-refractivity contribution in [1.82, 2.24) is 14.8 Å². The Hall–Kier alpha value is -2.12. The van der Waals surface area contributed by atoms with Gasteiger partial charge in [0.05, 0.1) is 6.20 Å². The van der Waals surface area contributed by atoms with Crippen LogP contribution in [0.25, 0.3) is 0 Å². The molecule has 0 aliphatic rings. The first-order chi connectivity index (χ1) is 8.90. The van der Waals surface area contributed by atoms with Gasteiger partial charge in [0.25, 0.3) is 11.9 Å². The molecule has 0 fully saturated rings. The van der Waals surface area contributed by atoms with E-state index in [-0.39, 0.29) is 6.54 Å². The van der Waals surface area contributed by atoms with Crippen LogP contribution in [0.4, 0.5) is 23.2 Å². The summed E-state index contributed by atoms with van der Waals surface area (Å²) in [7, 11) is 2.99. The lowest BCUT2D eigenvalue weighted by molar-refractivity contribution is 0.407. The predicted molar refractivity (Wildman–Crippen MR) is 59.4 cm³/mol. The van der Waals surface area contributed by atoms with Gasteiger partial charge in [-0.05, 0) is 0 Å². The van der Waals surface area contributed by atoms with Crippen LogP contribution < -0.4 is 4.90 Å².